The number of hydrogen-bond acceptors (Lipinski definition) is 5. The van der Waals surface area contributed by atoms with Crippen LogP contribution in [0.25, 0.3) is 0 Å². The molecule has 0 saturated carbocycles. The Bertz CT molecular complexity index is 916. The number of likely N-dealkylation sites (N-methyl/N-ethyl adjacent to an activating group) is 1. The molecule has 0 bridgehead atoms. The Kier molecular flexibility index (Phi) is 4.11. The van der Waals surface area contributed by atoms with E-state index in [2.05, 4.69) is 5.32 Å². The van der Waals surface area contributed by atoms with Crippen molar-refractivity contribution in [2.45, 2.75) is 24.4 Å². The number of amides is 1. The minimum absolute atomic E-state index is 0.307. The van der Waals surface area contributed by atoms with Crippen LogP contribution in [-0.4, -0.2) is 42.0 Å². The highest BCUT2D eigenvalue weighted by molar-refractivity contribution is 6.06. The van der Waals surface area contributed by atoms with Gasteiger partial charge in [-0.3, -0.25) is 19.8 Å². The molecule has 0 aliphatic carbocycles. The van der Waals surface area contributed by atoms with Crippen molar-refractivity contribution in [2.24, 2.45) is 0 Å². The van der Waals surface area contributed by atoms with Crippen LogP contribution in [0.15, 0.2) is 48.5 Å². The van der Waals surface area contributed by atoms with E-state index in [1.54, 1.807) is 19.2 Å². The number of carbonyl (C=O) groups is 1. The molecule has 140 valence electrons. The Morgan fingerprint density at radius 1 is 1.26 bits per heavy atom. The maximum atomic E-state index is 13.1. The summed E-state index contributed by atoms with van der Waals surface area (Å²) in [6, 6.07) is 13.5. The fourth-order valence-electron chi connectivity index (χ4n) is 4.63. The molecular formula is C20H21N3O4. The van der Waals surface area contributed by atoms with Crippen molar-refractivity contribution in [3.05, 3.63) is 69.8 Å². The molecule has 2 heterocycles. The van der Waals surface area contributed by atoms with Gasteiger partial charge in [0.1, 0.15) is 5.75 Å². The highest BCUT2D eigenvalue weighted by atomic mass is 16.6. The summed E-state index contributed by atoms with van der Waals surface area (Å²) in [5.74, 6) is -0.178. The minimum atomic E-state index is -1.33. The van der Waals surface area contributed by atoms with Crippen LogP contribution in [0.2, 0.25) is 0 Å². The molecule has 2 aromatic rings. The summed E-state index contributed by atoms with van der Waals surface area (Å²) in [4.78, 5) is 26.9. The number of fused-ring (bicyclic) bond motifs is 2. The van der Waals surface area contributed by atoms with Gasteiger partial charge in [-0.25, -0.2) is 0 Å². The Morgan fingerprint density at radius 3 is 2.70 bits per heavy atom. The molecule has 1 N–H and O–H groups in total. The summed E-state index contributed by atoms with van der Waals surface area (Å²) >= 11 is 0. The first-order valence-corrected chi connectivity index (χ1v) is 8.99. The Morgan fingerprint density at radius 2 is 1.96 bits per heavy atom. The van der Waals surface area contributed by atoms with Gasteiger partial charge in [-0.2, -0.15) is 0 Å². The first-order valence-electron chi connectivity index (χ1n) is 8.99. The molecule has 0 radical (unpaired) electrons. The minimum Gasteiger partial charge on any atom is -0.494 e. The van der Waals surface area contributed by atoms with E-state index in [-0.39, 0.29) is 10.8 Å². The zero-order chi connectivity index (χ0) is 19.2. The number of ether oxygens (including phenoxy) is 1. The number of hydrogen-bond donors (Lipinski definition) is 1. The summed E-state index contributed by atoms with van der Waals surface area (Å²) in [5, 5.41) is 15.1. The maximum Gasteiger partial charge on any atom is 0.256 e. The van der Waals surface area contributed by atoms with Crippen LogP contribution in [0.5, 0.6) is 5.75 Å². The van der Waals surface area contributed by atoms with Crippen LogP contribution in [0, 0.1) is 10.1 Å². The number of benzene rings is 2. The third kappa shape index (κ3) is 2.35. The topological polar surface area (TPSA) is 84.7 Å². The Balaban J connectivity index is 1.90. The van der Waals surface area contributed by atoms with E-state index in [1.807, 2.05) is 48.2 Å². The molecule has 2 aliphatic rings. The van der Waals surface area contributed by atoms with E-state index in [4.69, 9.17) is 4.74 Å². The lowest BCUT2D eigenvalue weighted by atomic mass is 9.79. The monoisotopic (exact) mass is 367 g/mol. The average molecular weight is 367 g/mol. The van der Waals surface area contributed by atoms with Crippen LogP contribution < -0.4 is 10.1 Å². The molecule has 7 heteroatoms. The van der Waals surface area contributed by atoms with E-state index in [9.17, 15) is 14.9 Å². The molecule has 1 saturated heterocycles. The molecular weight excluding hydrogens is 346 g/mol. The predicted octanol–water partition coefficient (Wildman–Crippen LogP) is 2.61. The van der Waals surface area contributed by atoms with Gasteiger partial charge in [-0.15, -0.1) is 0 Å². The molecule has 27 heavy (non-hydrogen) atoms. The van der Waals surface area contributed by atoms with Crippen LogP contribution in [0.4, 0.5) is 5.69 Å². The molecule has 3 atom stereocenters. The van der Waals surface area contributed by atoms with Gasteiger partial charge in [0, 0.05) is 28.3 Å². The Hall–Kier alpha value is -2.93. The lowest BCUT2D eigenvalue weighted by Crippen LogP contribution is -2.54. The van der Waals surface area contributed by atoms with E-state index < -0.39 is 17.5 Å². The lowest BCUT2D eigenvalue weighted by molar-refractivity contribution is -0.534. The smallest absolute Gasteiger partial charge is 0.256 e. The van der Waals surface area contributed by atoms with Gasteiger partial charge in [0.25, 0.3) is 11.9 Å². The second-order valence-corrected chi connectivity index (χ2v) is 6.95. The normalized spacial score (nSPS) is 26.8. The van der Waals surface area contributed by atoms with Crippen molar-refractivity contribution in [1.29, 1.82) is 0 Å². The van der Waals surface area contributed by atoms with Crippen LogP contribution in [0.3, 0.4) is 0 Å². The molecule has 1 amide bonds. The second kappa shape index (κ2) is 6.35. The maximum absolute atomic E-state index is 13.1. The molecule has 7 nitrogen and oxygen atoms in total. The van der Waals surface area contributed by atoms with Crippen molar-refractivity contribution in [2.75, 3.05) is 25.5 Å². The molecule has 1 spiro atoms. The van der Waals surface area contributed by atoms with Crippen LogP contribution in [-0.2, 0) is 10.3 Å². The number of carbonyl (C=O) groups excluding carboxylic acids is 1. The summed E-state index contributed by atoms with van der Waals surface area (Å²) in [6.45, 7) is 2.74. The standard InChI is InChI=1S/C20H21N3O4/c1-3-27-17-11-7-4-8-13(17)14-12-22(2)20(18(14)23(25)26)15-9-5-6-10-16(15)21-19(20)24/h4-11,14,18H,3,12H2,1-2H3,(H,21,24)/t14-,18+,20+/m0/s1. The first kappa shape index (κ1) is 17.5. The van der Waals surface area contributed by atoms with Crippen molar-refractivity contribution < 1.29 is 14.5 Å². The van der Waals surface area contributed by atoms with Gasteiger partial charge in [0.05, 0.1) is 12.5 Å². The summed E-state index contributed by atoms with van der Waals surface area (Å²) in [7, 11) is 1.78. The number of para-hydroxylation sites is 2. The van der Waals surface area contributed by atoms with Crippen molar-refractivity contribution >= 4 is 11.6 Å². The first-order chi connectivity index (χ1) is 13.0. The molecule has 2 aromatic carbocycles. The largest absolute Gasteiger partial charge is 0.494 e. The molecule has 0 aromatic heterocycles. The van der Waals surface area contributed by atoms with Crippen LogP contribution in [0.1, 0.15) is 24.0 Å². The number of nitrogens with zero attached hydrogens (tertiary/aromatic N) is 2. The molecule has 1 fully saturated rings. The van der Waals surface area contributed by atoms with E-state index in [1.165, 1.54) is 0 Å². The number of nitro groups is 1. The lowest BCUT2D eigenvalue weighted by Gasteiger charge is -2.30. The summed E-state index contributed by atoms with van der Waals surface area (Å²) in [5.41, 5.74) is 0.738. The van der Waals surface area contributed by atoms with E-state index in [0.29, 0.717) is 30.2 Å². The van der Waals surface area contributed by atoms with Gasteiger partial charge in [0.15, 0.2) is 5.54 Å². The van der Waals surface area contributed by atoms with Crippen molar-refractivity contribution in [1.82, 2.24) is 4.90 Å². The number of nitrogens with one attached hydrogen (secondary N) is 1. The van der Waals surface area contributed by atoms with Gasteiger partial charge >= 0.3 is 0 Å². The fourth-order valence-corrected chi connectivity index (χ4v) is 4.63. The van der Waals surface area contributed by atoms with Gasteiger partial charge < -0.3 is 10.1 Å². The third-order valence-electron chi connectivity index (χ3n) is 5.66. The number of rotatable bonds is 4. The van der Waals surface area contributed by atoms with Gasteiger partial charge in [-0.1, -0.05) is 36.4 Å². The van der Waals surface area contributed by atoms with Crippen LogP contribution >= 0.6 is 0 Å². The third-order valence-corrected chi connectivity index (χ3v) is 5.66. The molecule has 4 rings (SSSR count). The van der Waals surface area contributed by atoms with Crippen molar-refractivity contribution in [3.63, 3.8) is 0 Å². The highest BCUT2D eigenvalue weighted by Crippen LogP contribution is 2.52. The summed E-state index contributed by atoms with van der Waals surface area (Å²) in [6.07, 6.45) is 0. The van der Waals surface area contributed by atoms with E-state index >= 15 is 0 Å². The quantitative estimate of drug-likeness (QED) is 0.663. The highest BCUT2D eigenvalue weighted by Gasteiger charge is 2.68. The van der Waals surface area contributed by atoms with Gasteiger partial charge in [0.2, 0.25) is 0 Å². The molecule has 2 aliphatic heterocycles. The summed E-state index contributed by atoms with van der Waals surface area (Å²) < 4.78 is 5.72. The zero-order valence-electron chi connectivity index (χ0n) is 15.2. The number of likely N-dealkylation sites (tertiary alicyclic amines) is 1. The average Bonchev–Trinajstić information content (AvgIpc) is 3.12. The van der Waals surface area contributed by atoms with Gasteiger partial charge in [-0.05, 0) is 26.1 Å². The fraction of sp³-hybridized carbons (Fsp3) is 0.350. The van der Waals surface area contributed by atoms with Crippen molar-refractivity contribution in [3.8, 4) is 5.75 Å². The molecule has 0 unspecified atom stereocenters. The zero-order valence-corrected chi connectivity index (χ0v) is 15.2. The van der Waals surface area contributed by atoms with E-state index in [0.717, 1.165) is 5.56 Å². The Labute approximate surface area is 157 Å². The number of anilines is 1. The second-order valence-electron chi connectivity index (χ2n) is 6.95. The predicted molar refractivity (Wildman–Crippen MR) is 101 cm³/mol. The SMILES string of the molecule is CCOc1ccccc1[C@@H]1CN(C)[C@@]2(C(=O)Nc3ccccc32)[C@@H]1[N+](=O)[O-].